The zero-order chi connectivity index (χ0) is 18.1. The van der Waals surface area contributed by atoms with Crippen LogP contribution in [-0.4, -0.2) is 30.5 Å². The van der Waals surface area contributed by atoms with Gasteiger partial charge in [-0.3, -0.25) is 4.79 Å². The van der Waals surface area contributed by atoms with Crippen molar-refractivity contribution < 1.29 is 14.3 Å². The Morgan fingerprint density at radius 1 is 1.12 bits per heavy atom. The van der Waals surface area contributed by atoms with Crippen molar-refractivity contribution in [3.63, 3.8) is 0 Å². The fraction of sp³-hybridized carbons (Fsp3) is 0.200. The van der Waals surface area contributed by atoms with Crippen LogP contribution >= 0.6 is 0 Å². The molecule has 4 rings (SSSR count). The summed E-state index contributed by atoms with van der Waals surface area (Å²) in [5, 5.41) is 5.65. The van der Waals surface area contributed by atoms with Crippen molar-refractivity contribution in [2.24, 2.45) is 0 Å². The smallest absolute Gasteiger partial charge is 0.319 e. The zero-order valence-electron chi connectivity index (χ0n) is 14.4. The summed E-state index contributed by atoms with van der Waals surface area (Å²) in [6.07, 6.45) is 0. The number of amides is 3. The van der Waals surface area contributed by atoms with Crippen LogP contribution in [0.2, 0.25) is 0 Å². The fourth-order valence-electron chi connectivity index (χ4n) is 3.44. The van der Waals surface area contributed by atoms with Crippen molar-refractivity contribution in [3.8, 4) is 5.75 Å². The van der Waals surface area contributed by atoms with Crippen LogP contribution in [0.5, 0.6) is 5.75 Å². The van der Waals surface area contributed by atoms with Gasteiger partial charge in [-0.05, 0) is 23.3 Å². The maximum absolute atomic E-state index is 13.0. The van der Waals surface area contributed by atoms with Gasteiger partial charge in [0.05, 0.1) is 31.0 Å². The number of hydrogen-bond donors (Lipinski definition) is 2. The third kappa shape index (κ3) is 2.90. The summed E-state index contributed by atoms with van der Waals surface area (Å²) in [6.45, 7) is 0.850. The second-order valence-electron chi connectivity index (χ2n) is 6.35. The van der Waals surface area contributed by atoms with Gasteiger partial charge in [0.2, 0.25) is 0 Å². The number of carbonyl (C=O) groups is 2. The van der Waals surface area contributed by atoms with E-state index >= 15 is 0 Å². The van der Waals surface area contributed by atoms with E-state index in [0.717, 1.165) is 16.9 Å². The van der Waals surface area contributed by atoms with Crippen molar-refractivity contribution in [1.29, 1.82) is 0 Å². The van der Waals surface area contributed by atoms with E-state index in [-0.39, 0.29) is 11.9 Å². The molecular weight excluding hydrogens is 330 g/mol. The van der Waals surface area contributed by atoms with Crippen LogP contribution in [-0.2, 0) is 11.3 Å². The van der Waals surface area contributed by atoms with Gasteiger partial charge < -0.3 is 20.3 Å². The largest absolute Gasteiger partial charge is 0.497 e. The lowest BCUT2D eigenvalue weighted by atomic mass is 9.96. The number of hydrogen-bond acceptors (Lipinski definition) is 3. The summed E-state index contributed by atoms with van der Waals surface area (Å²) in [5.74, 6) is 0.688. The highest BCUT2D eigenvalue weighted by molar-refractivity contribution is 6.01. The molecule has 0 aromatic heterocycles. The minimum atomic E-state index is -0.428. The van der Waals surface area contributed by atoms with E-state index < -0.39 is 6.04 Å². The van der Waals surface area contributed by atoms with Gasteiger partial charge in [-0.25, -0.2) is 4.79 Å². The lowest BCUT2D eigenvalue weighted by molar-refractivity contribution is -0.126. The quantitative estimate of drug-likeness (QED) is 0.890. The Morgan fingerprint density at radius 2 is 1.92 bits per heavy atom. The Labute approximate surface area is 151 Å². The molecule has 3 amide bonds. The summed E-state index contributed by atoms with van der Waals surface area (Å²) in [7, 11) is 1.62. The van der Waals surface area contributed by atoms with E-state index in [1.165, 1.54) is 0 Å². The maximum Gasteiger partial charge on any atom is 0.319 e. The molecule has 2 aliphatic rings. The van der Waals surface area contributed by atoms with Gasteiger partial charge >= 0.3 is 6.03 Å². The molecule has 0 aliphatic carbocycles. The van der Waals surface area contributed by atoms with Gasteiger partial charge in [0.1, 0.15) is 5.75 Å². The van der Waals surface area contributed by atoms with Gasteiger partial charge in [-0.15, -0.1) is 0 Å². The van der Waals surface area contributed by atoms with Gasteiger partial charge in [0.25, 0.3) is 5.91 Å². The van der Waals surface area contributed by atoms with Crippen molar-refractivity contribution in [3.05, 3.63) is 77.0 Å². The first-order valence-electron chi connectivity index (χ1n) is 8.43. The van der Waals surface area contributed by atoms with E-state index in [0.29, 0.717) is 24.4 Å². The van der Waals surface area contributed by atoms with Crippen LogP contribution in [0.3, 0.4) is 0 Å². The molecule has 6 heteroatoms. The molecule has 0 bridgehead atoms. The van der Waals surface area contributed by atoms with Crippen LogP contribution in [0.1, 0.15) is 17.2 Å². The van der Waals surface area contributed by atoms with Gasteiger partial charge in [-0.1, -0.05) is 42.5 Å². The molecule has 2 aromatic carbocycles. The molecule has 2 heterocycles. The summed E-state index contributed by atoms with van der Waals surface area (Å²) in [6, 6.07) is 16.5. The Kier molecular flexibility index (Phi) is 4.08. The zero-order valence-corrected chi connectivity index (χ0v) is 14.4. The molecule has 0 fully saturated rings. The minimum Gasteiger partial charge on any atom is -0.497 e. The highest BCUT2D eigenvalue weighted by Gasteiger charge is 2.40. The van der Waals surface area contributed by atoms with Crippen LogP contribution in [0.4, 0.5) is 4.79 Å². The Morgan fingerprint density at radius 3 is 2.69 bits per heavy atom. The summed E-state index contributed by atoms with van der Waals surface area (Å²) >= 11 is 0. The first kappa shape index (κ1) is 16.2. The average Bonchev–Trinajstić information content (AvgIpc) is 2.97. The normalized spacial score (nSPS) is 19.1. The molecular formula is C20H19N3O3. The number of benzene rings is 2. The fourth-order valence-corrected chi connectivity index (χ4v) is 3.44. The number of rotatable bonds is 4. The van der Waals surface area contributed by atoms with E-state index in [9.17, 15) is 9.59 Å². The Hall–Kier alpha value is -3.28. The first-order valence-corrected chi connectivity index (χ1v) is 8.43. The van der Waals surface area contributed by atoms with E-state index in [1.807, 2.05) is 54.6 Å². The van der Waals surface area contributed by atoms with Crippen LogP contribution in [0.25, 0.3) is 0 Å². The van der Waals surface area contributed by atoms with E-state index in [4.69, 9.17) is 4.74 Å². The molecule has 0 radical (unpaired) electrons. The molecule has 6 nitrogen and oxygen atoms in total. The van der Waals surface area contributed by atoms with Crippen molar-refractivity contribution in [2.75, 3.05) is 13.7 Å². The number of nitrogens with one attached hydrogen (secondary N) is 2. The molecule has 0 spiro atoms. The van der Waals surface area contributed by atoms with Gasteiger partial charge in [0.15, 0.2) is 0 Å². The molecule has 2 aromatic rings. The standard InChI is InChI=1S/C20H19N3O3/c1-26-15-9-5-6-13(10-15)11-23-12-16-17(19(23)24)18(22-20(25)21-16)14-7-3-2-4-8-14/h2-10,18H,11-12H2,1H3,(H2,21,22,25)/t18-/m1/s1. The lowest BCUT2D eigenvalue weighted by Crippen LogP contribution is -2.44. The molecule has 2 N–H and O–H groups in total. The monoisotopic (exact) mass is 349 g/mol. The number of ether oxygens (including phenoxy) is 1. The number of methoxy groups -OCH3 is 1. The average molecular weight is 349 g/mol. The van der Waals surface area contributed by atoms with Crippen molar-refractivity contribution in [1.82, 2.24) is 15.5 Å². The van der Waals surface area contributed by atoms with Gasteiger partial charge in [-0.2, -0.15) is 0 Å². The second kappa shape index (κ2) is 6.55. The summed E-state index contributed by atoms with van der Waals surface area (Å²) in [4.78, 5) is 26.8. The number of urea groups is 1. The third-order valence-electron chi connectivity index (χ3n) is 4.66. The Bertz CT molecular complexity index is 892. The minimum absolute atomic E-state index is 0.0656. The van der Waals surface area contributed by atoms with Crippen molar-refractivity contribution >= 4 is 11.9 Å². The highest BCUT2D eigenvalue weighted by atomic mass is 16.5. The number of nitrogens with zero attached hydrogens (tertiary/aromatic N) is 1. The third-order valence-corrected chi connectivity index (χ3v) is 4.66. The predicted molar refractivity (Wildman–Crippen MR) is 96.3 cm³/mol. The molecule has 1 atom stereocenters. The van der Waals surface area contributed by atoms with Crippen LogP contribution in [0.15, 0.2) is 65.9 Å². The first-order chi connectivity index (χ1) is 12.7. The second-order valence-corrected chi connectivity index (χ2v) is 6.35. The lowest BCUT2D eigenvalue weighted by Gasteiger charge is -2.25. The highest BCUT2D eigenvalue weighted by Crippen LogP contribution is 2.33. The van der Waals surface area contributed by atoms with Crippen LogP contribution < -0.4 is 15.4 Å². The Balaban J connectivity index is 1.60. The maximum atomic E-state index is 13.0. The molecule has 132 valence electrons. The topological polar surface area (TPSA) is 70.7 Å². The molecule has 0 unspecified atom stereocenters. The molecule has 26 heavy (non-hydrogen) atoms. The summed E-state index contributed by atoms with van der Waals surface area (Å²) in [5.41, 5.74) is 3.16. The molecule has 0 saturated carbocycles. The van der Waals surface area contributed by atoms with E-state index in [1.54, 1.807) is 12.0 Å². The summed E-state index contributed by atoms with van der Waals surface area (Å²) < 4.78 is 5.25. The number of carbonyl (C=O) groups excluding carboxylic acids is 2. The SMILES string of the molecule is COc1cccc(CN2CC3=C(C2=O)[C@@H](c2ccccc2)NC(=O)N3)c1. The van der Waals surface area contributed by atoms with Crippen molar-refractivity contribution in [2.45, 2.75) is 12.6 Å². The molecule has 2 aliphatic heterocycles. The molecule has 0 saturated heterocycles. The van der Waals surface area contributed by atoms with E-state index in [2.05, 4.69) is 10.6 Å². The predicted octanol–water partition coefficient (Wildman–Crippen LogP) is 2.35. The van der Waals surface area contributed by atoms with Gasteiger partial charge in [0, 0.05) is 6.54 Å². The van der Waals surface area contributed by atoms with Crippen LogP contribution in [0, 0.1) is 0 Å².